The summed E-state index contributed by atoms with van der Waals surface area (Å²) in [6.45, 7) is 10.6. The topological polar surface area (TPSA) is 87.8 Å². The van der Waals surface area contributed by atoms with E-state index in [2.05, 4.69) is 40.9 Å². The summed E-state index contributed by atoms with van der Waals surface area (Å²) < 4.78 is 7.44. The molecule has 152 valence electrons. The minimum Gasteiger partial charge on any atom is -0.378 e. The van der Waals surface area contributed by atoms with E-state index >= 15 is 0 Å². The quantitative estimate of drug-likeness (QED) is 0.636. The van der Waals surface area contributed by atoms with E-state index in [4.69, 9.17) is 9.72 Å². The second-order valence-electron chi connectivity index (χ2n) is 7.43. The van der Waals surface area contributed by atoms with Crippen LogP contribution < -0.4 is 14.7 Å². The van der Waals surface area contributed by atoms with Crippen LogP contribution in [0.1, 0.15) is 11.5 Å². The fourth-order valence-corrected chi connectivity index (χ4v) is 3.90. The van der Waals surface area contributed by atoms with Crippen molar-refractivity contribution in [2.24, 2.45) is 0 Å². The molecular weight excluding hydrogens is 370 g/mol. The molecular formula is C19H25N9O. The summed E-state index contributed by atoms with van der Waals surface area (Å²) >= 11 is 0. The van der Waals surface area contributed by atoms with Gasteiger partial charge < -0.3 is 19.4 Å². The van der Waals surface area contributed by atoms with Gasteiger partial charge in [0, 0.05) is 63.4 Å². The molecule has 2 saturated heterocycles. The average Bonchev–Trinajstić information content (AvgIpc) is 3.15. The van der Waals surface area contributed by atoms with Crippen LogP contribution in [0.4, 0.5) is 17.6 Å². The minimum atomic E-state index is 0.728. The van der Waals surface area contributed by atoms with Crippen LogP contribution in [0.2, 0.25) is 0 Å². The molecule has 3 aromatic heterocycles. The van der Waals surface area contributed by atoms with Crippen LogP contribution in [0, 0.1) is 13.8 Å². The van der Waals surface area contributed by atoms with E-state index < -0.39 is 0 Å². The molecule has 0 radical (unpaired) electrons. The molecule has 10 nitrogen and oxygen atoms in total. The van der Waals surface area contributed by atoms with Gasteiger partial charge in [-0.05, 0) is 13.8 Å². The van der Waals surface area contributed by atoms with Gasteiger partial charge in [0.05, 0.1) is 13.2 Å². The molecule has 0 saturated carbocycles. The molecule has 0 unspecified atom stereocenters. The van der Waals surface area contributed by atoms with Gasteiger partial charge in [0.2, 0.25) is 11.6 Å². The molecule has 0 aliphatic carbocycles. The van der Waals surface area contributed by atoms with Crippen molar-refractivity contribution in [3.63, 3.8) is 0 Å². The molecule has 5 rings (SSSR count). The minimum absolute atomic E-state index is 0.728. The zero-order valence-corrected chi connectivity index (χ0v) is 16.8. The summed E-state index contributed by atoms with van der Waals surface area (Å²) in [7, 11) is 0. The number of morpholine rings is 1. The van der Waals surface area contributed by atoms with Crippen molar-refractivity contribution in [3.8, 4) is 0 Å². The lowest BCUT2D eigenvalue weighted by Gasteiger charge is -2.36. The highest BCUT2D eigenvalue weighted by molar-refractivity contribution is 5.64. The average molecular weight is 395 g/mol. The fraction of sp³-hybridized carbons (Fsp3) is 0.526. The molecule has 10 heteroatoms. The normalized spacial score (nSPS) is 17.9. The lowest BCUT2D eigenvalue weighted by atomic mass is 10.3. The van der Waals surface area contributed by atoms with E-state index in [1.165, 1.54) is 0 Å². The maximum absolute atomic E-state index is 5.45. The molecule has 0 bridgehead atoms. The van der Waals surface area contributed by atoms with E-state index in [0.717, 1.165) is 87.2 Å². The van der Waals surface area contributed by atoms with Gasteiger partial charge >= 0.3 is 0 Å². The van der Waals surface area contributed by atoms with Crippen LogP contribution in [0.3, 0.4) is 0 Å². The largest absolute Gasteiger partial charge is 0.378 e. The van der Waals surface area contributed by atoms with E-state index in [1.54, 1.807) is 0 Å². The third-order valence-electron chi connectivity index (χ3n) is 5.50. The lowest BCUT2D eigenvalue weighted by Crippen LogP contribution is -2.47. The van der Waals surface area contributed by atoms with Crippen molar-refractivity contribution >= 4 is 23.2 Å². The Labute approximate surface area is 169 Å². The predicted octanol–water partition coefficient (Wildman–Crippen LogP) is 0.694. The van der Waals surface area contributed by atoms with E-state index in [-0.39, 0.29) is 0 Å². The third-order valence-corrected chi connectivity index (χ3v) is 5.50. The van der Waals surface area contributed by atoms with Crippen molar-refractivity contribution < 1.29 is 4.74 Å². The molecule has 0 aromatic carbocycles. The Kier molecular flexibility index (Phi) is 4.62. The Balaban J connectivity index is 1.33. The van der Waals surface area contributed by atoms with Gasteiger partial charge in [0.25, 0.3) is 0 Å². The van der Waals surface area contributed by atoms with Crippen LogP contribution in [0.25, 0.3) is 5.65 Å². The van der Waals surface area contributed by atoms with E-state index in [9.17, 15) is 0 Å². The van der Waals surface area contributed by atoms with Crippen LogP contribution in [-0.2, 0) is 4.74 Å². The van der Waals surface area contributed by atoms with Crippen LogP contribution in [-0.4, -0.2) is 82.0 Å². The zero-order valence-electron chi connectivity index (χ0n) is 16.8. The molecule has 2 aliphatic heterocycles. The summed E-state index contributed by atoms with van der Waals surface area (Å²) in [5, 5.41) is 8.49. The summed E-state index contributed by atoms with van der Waals surface area (Å²) in [5.41, 5.74) is 1.80. The van der Waals surface area contributed by atoms with Crippen LogP contribution in [0.5, 0.6) is 0 Å². The second-order valence-corrected chi connectivity index (χ2v) is 7.43. The Morgan fingerprint density at radius 1 is 0.862 bits per heavy atom. The first kappa shape index (κ1) is 18.0. The third kappa shape index (κ3) is 3.44. The molecule has 0 N–H and O–H groups in total. The van der Waals surface area contributed by atoms with Crippen molar-refractivity contribution in [1.82, 2.24) is 29.5 Å². The number of piperazine rings is 1. The standard InChI is InChI=1S/C19H25N9O/c1-14-13-16(22-19(21-14)27-9-11-29-12-10-27)25-5-7-26(8-6-25)17-18-24-23-15(2)28(18)4-3-20-17/h3-4,13H,5-12H2,1-2H3. The number of aromatic nitrogens is 6. The number of hydrogen-bond donors (Lipinski definition) is 0. The summed E-state index contributed by atoms with van der Waals surface area (Å²) in [4.78, 5) is 20.9. The van der Waals surface area contributed by atoms with E-state index in [1.807, 2.05) is 30.6 Å². The molecule has 2 aliphatic rings. The predicted molar refractivity (Wildman–Crippen MR) is 110 cm³/mol. The highest BCUT2D eigenvalue weighted by Crippen LogP contribution is 2.23. The summed E-state index contributed by atoms with van der Waals surface area (Å²) in [6, 6.07) is 2.07. The first-order valence-electron chi connectivity index (χ1n) is 10.0. The van der Waals surface area contributed by atoms with Crippen LogP contribution >= 0.6 is 0 Å². The smallest absolute Gasteiger partial charge is 0.227 e. The van der Waals surface area contributed by atoms with Crippen molar-refractivity contribution in [3.05, 3.63) is 30.0 Å². The van der Waals surface area contributed by atoms with Gasteiger partial charge in [-0.15, -0.1) is 10.2 Å². The molecule has 2 fully saturated rings. The maximum atomic E-state index is 5.45. The first-order chi connectivity index (χ1) is 14.2. The highest BCUT2D eigenvalue weighted by Gasteiger charge is 2.23. The number of fused-ring (bicyclic) bond motifs is 1. The molecule has 3 aromatic rings. The van der Waals surface area contributed by atoms with Gasteiger partial charge in [0.1, 0.15) is 11.6 Å². The first-order valence-corrected chi connectivity index (χ1v) is 10.0. The Morgan fingerprint density at radius 2 is 1.62 bits per heavy atom. The van der Waals surface area contributed by atoms with Gasteiger partial charge in [-0.1, -0.05) is 0 Å². The van der Waals surface area contributed by atoms with Gasteiger partial charge in [0.15, 0.2) is 5.82 Å². The van der Waals surface area contributed by atoms with Crippen LogP contribution in [0.15, 0.2) is 18.5 Å². The van der Waals surface area contributed by atoms with Gasteiger partial charge in [-0.3, -0.25) is 4.40 Å². The monoisotopic (exact) mass is 395 g/mol. The molecule has 0 spiro atoms. The van der Waals surface area contributed by atoms with Crippen molar-refractivity contribution in [1.29, 1.82) is 0 Å². The SMILES string of the molecule is Cc1cc(N2CCN(c3nccn4c(C)nnc34)CC2)nc(N2CCOCC2)n1. The van der Waals surface area contributed by atoms with Crippen molar-refractivity contribution in [2.75, 3.05) is 67.2 Å². The summed E-state index contributed by atoms with van der Waals surface area (Å²) in [6.07, 6.45) is 3.72. The van der Waals surface area contributed by atoms with E-state index in [0.29, 0.717) is 0 Å². The van der Waals surface area contributed by atoms with Gasteiger partial charge in [-0.25, -0.2) is 9.97 Å². The lowest BCUT2D eigenvalue weighted by molar-refractivity contribution is 0.122. The maximum Gasteiger partial charge on any atom is 0.227 e. The number of anilines is 3. The molecule has 0 atom stereocenters. The number of ether oxygens (including phenoxy) is 1. The molecule has 0 amide bonds. The number of aryl methyl sites for hydroxylation is 2. The number of rotatable bonds is 3. The Hall–Kier alpha value is -3.01. The molecule has 5 heterocycles. The highest BCUT2D eigenvalue weighted by atomic mass is 16.5. The number of hydrogen-bond acceptors (Lipinski definition) is 9. The summed E-state index contributed by atoms with van der Waals surface area (Å²) in [5.74, 6) is 3.55. The van der Waals surface area contributed by atoms with Gasteiger partial charge in [-0.2, -0.15) is 4.98 Å². The fourth-order valence-electron chi connectivity index (χ4n) is 3.90. The number of nitrogens with zero attached hydrogens (tertiary/aromatic N) is 9. The Bertz CT molecular complexity index is 1010. The second kappa shape index (κ2) is 7.43. The molecule has 29 heavy (non-hydrogen) atoms. The zero-order chi connectivity index (χ0) is 19.8. The van der Waals surface area contributed by atoms with Crippen molar-refractivity contribution in [2.45, 2.75) is 13.8 Å². The Morgan fingerprint density at radius 3 is 2.41 bits per heavy atom.